The number of H-pyrrole nitrogens is 1. The van der Waals surface area contributed by atoms with Crippen molar-refractivity contribution in [3.8, 4) is 0 Å². The van der Waals surface area contributed by atoms with Crippen molar-refractivity contribution in [2.24, 2.45) is 0 Å². The molecule has 1 aromatic rings. The van der Waals surface area contributed by atoms with Crippen LogP contribution in [0.1, 0.15) is 6.23 Å². The smallest absolute Gasteiger partial charge is 0.385 e. The number of nitrogens with one attached hydrogen (secondary N) is 1. The molecule has 1 aliphatic heterocycles. The molecule has 21 heteroatoms. The number of aromatic nitrogens is 2. The van der Waals surface area contributed by atoms with Gasteiger partial charge in [-0.2, -0.15) is 8.62 Å². The van der Waals surface area contributed by atoms with E-state index in [4.69, 9.17) is 31.6 Å². The molecule has 6 atom stereocenters. The second kappa shape index (κ2) is 8.69. The molecule has 1 aromatic heterocycles. The molecule has 16 nitrogen and oxygen atoms in total. The highest BCUT2D eigenvalue weighted by molar-refractivity contribution is 7.71. The molecular weight excluding hydrogens is 504 g/mol. The van der Waals surface area contributed by atoms with Crippen LogP contribution in [0.15, 0.2) is 17.1 Å². The predicted octanol–water partition coefficient (Wildman–Crippen LogP) is -0.834. The van der Waals surface area contributed by atoms with E-state index in [2.05, 4.69) is 18.1 Å². The van der Waals surface area contributed by atoms with Gasteiger partial charge in [0.05, 0.1) is 0 Å². The summed E-state index contributed by atoms with van der Waals surface area (Å²) in [7, 11) is -17.2. The molecule has 2 unspecified atom stereocenters. The number of phosphoric acid groups is 3. The minimum atomic E-state index is -5.85. The van der Waals surface area contributed by atoms with Gasteiger partial charge in [-0.3, -0.25) is 18.9 Å². The minimum Gasteiger partial charge on any atom is -0.385 e. The van der Waals surface area contributed by atoms with E-state index in [1.54, 1.807) is 0 Å². The van der Waals surface area contributed by atoms with Gasteiger partial charge < -0.3 is 34.5 Å². The summed E-state index contributed by atoms with van der Waals surface area (Å²) in [6.07, 6.45) is -5.19. The normalized spacial score (nSPS) is 31.2. The summed E-state index contributed by atoms with van der Waals surface area (Å²) in [6.45, 7) is -1.68. The number of aliphatic hydroxyl groups is 2. The molecule has 0 aromatic carbocycles. The van der Waals surface area contributed by atoms with Crippen molar-refractivity contribution >= 4 is 35.7 Å². The van der Waals surface area contributed by atoms with Crippen LogP contribution < -0.4 is 5.56 Å². The van der Waals surface area contributed by atoms with E-state index >= 15 is 0 Å². The average Bonchev–Trinajstić information content (AvgIpc) is 2.75. The van der Waals surface area contributed by atoms with Crippen LogP contribution in [-0.4, -0.2) is 64.0 Å². The van der Waals surface area contributed by atoms with E-state index in [0.29, 0.717) is 0 Å². The highest BCUT2D eigenvalue weighted by Gasteiger charge is 2.57. The second-order valence-electron chi connectivity index (χ2n) is 5.61. The Labute approximate surface area is 169 Å². The number of halogens is 1. The number of phosphoric ester groups is 1. The number of nitrogens with zero attached hydrogens (tertiary/aromatic N) is 1. The van der Waals surface area contributed by atoms with Gasteiger partial charge in [0.25, 0.3) is 11.4 Å². The van der Waals surface area contributed by atoms with Gasteiger partial charge in [-0.05, 0) is 12.2 Å². The number of hydrogen-bond acceptors (Lipinski definition) is 11. The van der Waals surface area contributed by atoms with E-state index in [0.717, 1.165) is 16.8 Å². The summed E-state index contributed by atoms with van der Waals surface area (Å²) >= 11 is 4.81. The standard InChI is InChI=1S/C9H14FN2O14P3S/c10-9(3-23-28(19,20)26-29(21,22)25-27(16,17)18)6(15)5(14)7(24-9)12-2-1-4(13)11-8(12)30/h1-2,5-7,14-15H,3H2,(H,19,20)(H,21,22)(H,11,13,30)(H2,16,17,18)/t5-,6+,7-,9-/m1/s1. The van der Waals surface area contributed by atoms with Crippen LogP contribution in [0.4, 0.5) is 4.39 Å². The fraction of sp³-hybridized carbons (Fsp3) is 0.556. The fourth-order valence-electron chi connectivity index (χ4n) is 2.19. The van der Waals surface area contributed by atoms with Crippen LogP contribution >= 0.6 is 35.7 Å². The lowest BCUT2D eigenvalue weighted by Crippen LogP contribution is -2.42. The Hall–Kier alpha value is -0.680. The molecule has 0 spiro atoms. The lowest BCUT2D eigenvalue weighted by Gasteiger charge is -2.24. The van der Waals surface area contributed by atoms with E-state index < -0.39 is 59.9 Å². The quantitative estimate of drug-likeness (QED) is 0.164. The molecule has 2 rings (SSSR count). The van der Waals surface area contributed by atoms with Gasteiger partial charge in [-0.25, -0.2) is 18.1 Å². The number of alkyl halides is 1. The minimum absolute atomic E-state index is 0.337. The van der Waals surface area contributed by atoms with Gasteiger partial charge in [0, 0.05) is 12.3 Å². The van der Waals surface area contributed by atoms with Crippen molar-refractivity contribution in [2.45, 2.75) is 24.3 Å². The molecule has 30 heavy (non-hydrogen) atoms. The van der Waals surface area contributed by atoms with Crippen LogP contribution in [0.25, 0.3) is 0 Å². The van der Waals surface area contributed by atoms with Crippen molar-refractivity contribution in [1.29, 1.82) is 0 Å². The Kier molecular flexibility index (Phi) is 7.41. The SMILES string of the molecule is O=c1ccn([C@@H]2O[C@](F)(COP(=O)(O)OP(=O)(O)OP(=O)(O)O)[C@@H](O)[C@H]2O)c(=S)[nH]1. The summed E-state index contributed by atoms with van der Waals surface area (Å²) in [5.74, 6) is -3.40. The average molecular weight is 518 g/mol. The molecular formula is C9H14FN2O14P3S. The van der Waals surface area contributed by atoms with Gasteiger partial charge in [0.15, 0.2) is 11.0 Å². The topological polar surface area (TPSA) is 247 Å². The first-order valence-electron chi connectivity index (χ1n) is 7.27. The molecule has 0 bridgehead atoms. The van der Waals surface area contributed by atoms with Crippen molar-refractivity contribution in [3.63, 3.8) is 0 Å². The third-order valence-electron chi connectivity index (χ3n) is 3.34. The van der Waals surface area contributed by atoms with Crippen LogP contribution in [-0.2, 0) is 31.6 Å². The Morgan fingerprint density at radius 1 is 1.20 bits per heavy atom. The van der Waals surface area contributed by atoms with Gasteiger partial charge in [0.1, 0.15) is 18.8 Å². The monoisotopic (exact) mass is 518 g/mol. The molecule has 0 amide bonds. The second-order valence-corrected chi connectivity index (χ2v) is 10.4. The lowest BCUT2D eigenvalue weighted by molar-refractivity contribution is -0.204. The van der Waals surface area contributed by atoms with Crippen molar-refractivity contribution in [3.05, 3.63) is 27.4 Å². The summed E-state index contributed by atoms with van der Waals surface area (Å²) in [4.78, 5) is 48.5. The van der Waals surface area contributed by atoms with Gasteiger partial charge >= 0.3 is 23.5 Å². The maximum atomic E-state index is 14.9. The molecule has 0 radical (unpaired) electrons. The van der Waals surface area contributed by atoms with E-state index in [1.165, 1.54) is 0 Å². The predicted molar refractivity (Wildman–Crippen MR) is 91.7 cm³/mol. The Balaban J connectivity index is 2.15. The number of rotatable bonds is 8. The first-order valence-corrected chi connectivity index (χ1v) is 12.2. The maximum Gasteiger partial charge on any atom is 0.490 e. The zero-order valence-corrected chi connectivity index (χ0v) is 17.6. The van der Waals surface area contributed by atoms with Crippen LogP contribution in [0, 0.1) is 4.77 Å². The zero-order chi connectivity index (χ0) is 23.1. The van der Waals surface area contributed by atoms with E-state index in [1.807, 2.05) is 0 Å². The van der Waals surface area contributed by atoms with Crippen molar-refractivity contribution in [2.75, 3.05) is 6.61 Å². The maximum absolute atomic E-state index is 14.9. The first-order chi connectivity index (χ1) is 13.4. The Morgan fingerprint density at radius 3 is 2.33 bits per heavy atom. The lowest BCUT2D eigenvalue weighted by atomic mass is 10.1. The van der Waals surface area contributed by atoms with E-state index in [-0.39, 0.29) is 4.77 Å². The number of aromatic amines is 1. The molecule has 0 saturated carbocycles. The molecule has 1 aliphatic rings. The van der Waals surface area contributed by atoms with Crippen molar-refractivity contribution < 1.29 is 65.8 Å². The van der Waals surface area contributed by atoms with Crippen LogP contribution in [0.3, 0.4) is 0 Å². The molecule has 1 saturated heterocycles. The van der Waals surface area contributed by atoms with E-state index in [9.17, 15) is 38.0 Å². The van der Waals surface area contributed by atoms with Crippen LogP contribution in [0.2, 0.25) is 0 Å². The number of ether oxygens (including phenoxy) is 1. The van der Waals surface area contributed by atoms with Crippen LogP contribution in [0.5, 0.6) is 0 Å². The third-order valence-corrected chi connectivity index (χ3v) is 7.44. The summed E-state index contributed by atoms with van der Waals surface area (Å²) < 4.78 is 64.6. The van der Waals surface area contributed by atoms with Gasteiger partial charge in [-0.1, -0.05) is 0 Å². The molecule has 172 valence electrons. The van der Waals surface area contributed by atoms with Gasteiger partial charge in [0.2, 0.25) is 0 Å². The molecule has 0 aliphatic carbocycles. The summed E-state index contributed by atoms with van der Waals surface area (Å²) in [5.41, 5.74) is -0.636. The molecule has 7 N–H and O–H groups in total. The largest absolute Gasteiger partial charge is 0.490 e. The zero-order valence-electron chi connectivity index (χ0n) is 14.1. The van der Waals surface area contributed by atoms with Crippen molar-refractivity contribution in [1.82, 2.24) is 9.55 Å². The molecule has 2 heterocycles. The fourth-order valence-corrected chi connectivity index (χ4v) is 5.49. The number of hydrogen-bond donors (Lipinski definition) is 7. The number of aliphatic hydroxyl groups excluding tert-OH is 2. The first kappa shape index (κ1) is 25.6. The molecule has 1 fully saturated rings. The highest BCUT2D eigenvalue weighted by Crippen LogP contribution is 2.66. The third kappa shape index (κ3) is 6.41. The Morgan fingerprint density at radius 2 is 1.80 bits per heavy atom. The summed E-state index contributed by atoms with van der Waals surface area (Å²) in [5, 5.41) is 19.9. The Bertz CT molecular complexity index is 1060. The van der Waals surface area contributed by atoms with Gasteiger partial charge in [-0.15, -0.1) is 0 Å². The highest BCUT2D eigenvalue weighted by atomic mass is 32.1. The summed E-state index contributed by atoms with van der Waals surface area (Å²) in [6, 6.07) is 0.933.